The van der Waals surface area contributed by atoms with E-state index in [0.717, 1.165) is 10.7 Å². The minimum Gasteiger partial charge on any atom is -0.284 e. The van der Waals surface area contributed by atoms with Gasteiger partial charge in [0.05, 0.1) is 16.5 Å². The predicted octanol–water partition coefficient (Wildman–Crippen LogP) is 3.30. The van der Waals surface area contributed by atoms with Crippen molar-refractivity contribution in [3.05, 3.63) is 64.4 Å². The predicted molar refractivity (Wildman–Crippen MR) is 116 cm³/mol. The molecule has 2 heterocycles. The van der Waals surface area contributed by atoms with Gasteiger partial charge in [-0.15, -0.1) is 0 Å². The van der Waals surface area contributed by atoms with Crippen molar-refractivity contribution in [2.24, 2.45) is 0 Å². The number of aromatic nitrogens is 2. The zero-order valence-corrected chi connectivity index (χ0v) is 18.2. The van der Waals surface area contributed by atoms with Crippen LogP contribution in [0.2, 0.25) is 0 Å². The Labute approximate surface area is 178 Å². The standard InChI is InChI=1S/C21H21N3O4S2/c1-3-14(2)24-20(26)15-8-4-6-10-17(15)22-21(24)29-13-12-23-19(25)16-9-5-7-11-18(16)30(23,27)28/h4-11,14H,3,12-13H2,1-2H3. The second-order valence-electron chi connectivity index (χ2n) is 7.07. The van der Waals surface area contributed by atoms with Gasteiger partial charge in [-0.05, 0) is 37.6 Å². The van der Waals surface area contributed by atoms with E-state index >= 15 is 0 Å². The summed E-state index contributed by atoms with van der Waals surface area (Å²) in [7, 11) is -3.84. The summed E-state index contributed by atoms with van der Waals surface area (Å²) < 4.78 is 28.0. The molecular formula is C21H21N3O4S2. The highest BCUT2D eigenvalue weighted by molar-refractivity contribution is 7.99. The average Bonchev–Trinajstić information content (AvgIpc) is 2.94. The van der Waals surface area contributed by atoms with Crippen LogP contribution in [0.5, 0.6) is 0 Å². The van der Waals surface area contributed by atoms with E-state index in [1.807, 2.05) is 19.9 Å². The summed E-state index contributed by atoms with van der Waals surface area (Å²) in [6.45, 7) is 3.95. The monoisotopic (exact) mass is 443 g/mol. The topological polar surface area (TPSA) is 89.3 Å². The Balaban J connectivity index is 1.62. The lowest BCUT2D eigenvalue weighted by atomic mass is 10.2. The summed E-state index contributed by atoms with van der Waals surface area (Å²) in [5, 5.41) is 1.07. The summed E-state index contributed by atoms with van der Waals surface area (Å²) in [4.78, 5) is 30.3. The molecule has 1 aromatic heterocycles. The quantitative estimate of drug-likeness (QED) is 0.429. The first kappa shape index (κ1) is 20.6. The first-order valence-corrected chi connectivity index (χ1v) is 12.1. The molecule has 1 unspecified atom stereocenters. The number of hydrogen-bond donors (Lipinski definition) is 0. The molecule has 4 rings (SSSR count). The second kappa shape index (κ2) is 7.88. The smallest absolute Gasteiger partial charge is 0.269 e. The van der Waals surface area contributed by atoms with Crippen molar-refractivity contribution in [2.75, 3.05) is 12.3 Å². The Hall–Kier alpha value is -2.65. The largest absolute Gasteiger partial charge is 0.284 e. The van der Waals surface area contributed by atoms with Crippen LogP contribution in [-0.2, 0) is 10.0 Å². The SMILES string of the molecule is CCC(C)n1c(SCCN2C(=O)c3ccccc3S2(=O)=O)nc2ccccc2c1=O. The Bertz CT molecular complexity index is 1300. The number of fused-ring (bicyclic) bond motifs is 2. The maximum atomic E-state index is 13.0. The lowest BCUT2D eigenvalue weighted by molar-refractivity contribution is 0.0876. The highest BCUT2D eigenvalue weighted by Gasteiger charge is 2.40. The van der Waals surface area contributed by atoms with Crippen molar-refractivity contribution in [2.45, 2.75) is 36.4 Å². The van der Waals surface area contributed by atoms with Crippen molar-refractivity contribution < 1.29 is 13.2 Å². The molecule has 30 heavy (non-hydrogen) atoms. The van der Waals surface area contributed by atoms with Gasteiger partial charge >= 0.3 is 0 Å². The Morgan fingerprint density at radius 2 is 1.77 bits per heavy atom. The van der Waals surface area contributed by atoms with E-state index in [9.17, 15) is 18.0 Å². The molecule has 1 aliphatic heterocycles. The minimum atomic E-state index is -3.84. The van der Waals surface area contributed by atoms with Crippen LogP contribution in [0.4, 0.5) is 0 Å². The van der Waals surface area contributed by atoms with Crippen LogP contribution < -0.4 is 5.56 Å². The molecule has 3 aromatic rings. The molecule has 0 aliphatic carbocycles. The zero-order valence-electron chi connectivity index (χ0n) is 16.6. The van der Waals surface area contributed by atoms with E-state index in [-0.39, 0.29) is 28.6 Å². The van der Waals surface area contributed by atoms with Gasteiger partial charge in [-0.1, -0.05) is 43.0 Å². The molecule has 0 N–H and O–H groups in total. The first-order valence-electron chi connectivity index (χ1n) is 9.66. The van der Waals surface area contributed by atoms with Gasteiger partial charge in [-0.25, -0.2) is 17.7 Å². The normalized spacial score (nSPS) is 16.1. The number of rotatable bonds is 6. The van der Waals surface area contributed by atoms with Crippen molar-refractivity contribution in [3.63, 3.8) is 0 Å². The van der Waals surface area contributed by atoms with Crippen molar-refractivity contribution in [1.82, 2.24) is 13.9 Å². The fraction of sp³-hybridized carbons (Fsp3) is 0.286. The molecule has 1 aliphatic rings. The maximum absolute atomic E-state index is 13.0. The number of carbonyl (C=O) groups excluding carboxylic acids is 1. The molecular weight excluding hydrogens is 422 g/mol. The summed E-state index contributed by atoms with van der Waals surface area (Å²) >= 11 is 1.28. The molecule has 1 amide bonds. The summed E-state index contributed by atoms with van der Waals surface area (Å²) in [6.07, 6.45) is 0.752. The summed E-state index contributed by atoms with van der Waals surface area (Å²) in [6, 6.07) is 13.3. The lowest BCUT2D eigenvalue weighted by Gasteiger charge is -2.19. The lowest BCUT2D eigenvalue weighted by Crippen LogP contribution is -2.32. The average molecular weight is 444 g/mol. The molecule has 0 bridgehead atoms. The highest BCUT2D eigenvalue weighted by atomic mass is 32.2. The van der Waals surface area contributed by atoms with Crippen LogP contribution in [0.3, 0.4) is 0 Å². The molecule has 156 valence electrons. The molecule has 2 aromatic carbocycles. The summed E-state index contributed by atoms with van der Waals surface area (Å²) in [5.74, 6) is -0.225. The fourth-order valence-electron chi connectivity index (χ4n) is 3.47. The van der Waals surface area contributed by atoms with Crippen LogP contribution in [-0.4, -0.2) is 40.5 Å². The van der Waals surface area contributed by atoms with Crippen LogP contribution in [0.15, 0.2) is 63.4 Å². The van der Waals surface area contributed by atoms with E-state index in [1.54, 1.807) is 34.9 Å². The Kier molecular flexibility index (Phi) is 5.42. The molecule has 0 fully saturated rings. The molecule has 1 atom stereocenters. The highest BCUT2D eigenvalue weighted by Crippen LogP contribution is 2.30. The number of para-hydroxylation sites is 1. The Morgan fingerprint density at radius 1 is 1.07 bits per heavy atom. The number of carbonyl (C=O) groups is 1. The van der Waals surface area contributed by atoms with E-state index in [1.165, 1.54) is 23.9 Å². The van der Waals surface area contributed by atoms with Gasteiger partial charge in [0.2, 0.25) is 0 Å². The fourth-order valence-corrected chi connectivity index (χ4v) is 6.18. The van der Waals surface area contributed by atoms with Gasteiger partial charge in [-0.2, -0.15) is 0 Å². The van der Waals surface area contributed by atoms with Gasteiger partial charge < -0.3 is 0 Å². The first-order chi connectivity index (χ1) is 14.4. The molecule has 9 heteroatoms. The van der Waals surface area contributed by atoms with Crippen molar-refractivity contribution >= 4 is 38.6 Å². The molecule has 0 spiro atoms. The molecule has 0 saturated carbocycles. The van der Waals surface area contributed by atoms with E-state index in [4.69, 9.17) is 0 Å². The zero-order chi connectivity index (χ0) is 21.5. The van der Waals surface area contributed by atoms with Gasteiger partial charge in [-0.3, -0.25) is 14.2 Å². The van der Waals surface area contributed by atoms with Crippen molar-refractivity contribution in [3.8, 4) is 0 Å². The number of sulfonamides is 1. The minimum absolute atomic E-state index is 0.00369. The van der Waals surface area contributed by atoms with Crippen LogP contribution >= 0.6 is 11.8 Å². The van der Waals surface area contributed by atoms with Gasteiger partial charge in [0.25, 0.3) is 21.5 Å². The van der Waals surface area contributed by atoms with Gasteiger partial charge in [0.1, 0.15) is 4.90 Å². The van der Waals surface area contributed by atoms with Crippen LogP contribution in [0, 0.1) is 0 Å². The second-order valence-corrected chi connectivity index (χ2v) is 9.96. The van der Waals surface area contributed by atoms with E-state index < -0.39 is 15.9 Å². The molecule has 7 nitrogen and oxygen atoms in total. The third-order valence-electron chi connectivity index (χ3n) is 5.24. The van der Waals surface area contributed by atoms with Crippen molar-refractivity contribution in [1.29, 1.82) is 0 Å². The van der Waals surface area contributed by atoms with Gasteiger partial charge in [0.15, 0.2) is 5.16 Å². The number of nitrogens with zero attached hydrogens (tertiary/aromatic N) is 3. The Morgan fingerprint density at radius 3 is 2.50 bits per heavy atom. The third kappa shape index (κ3) is 3.31. The number of benzene rings is 2. The van der Waals surface area contributed by atoms with E-state index in [2.05, 4.69) is 4.98 Å². The number of hydrogen-bond acceptors (Lipinski definition) is 6. The van der Waals surface area contributed by atoms with Crippen LogP contribution in [0.1, 0.15) is 36.7 Å². The number of amides is 1. The van der Waals surface area contributed by atoms with Gasteiger partial charge in [0, 0.05) is 18.3 Å². The van der Waals surface area contributed by atoms with E-state index in [0.29, 0.717) is 21.8 Å². The summed E-state index contributed by atoms with van der Waals surface area (Å²) in [5.41, 5.74) is 0.680. The maximum Gasteiger partial charge on any atom is 0.269 e. The third-order valence-corrected chi connectivity index (χ3v) is 8.02. The molecule has 0 radical (unpaired) electrons. The number of thioether (sulfide) groups is 1. The molecule has 0 saturated heterocycles. The van der Waals surface area contributed by atoms with Crippen LogP contribution in [0.25, 0.3) is 10.9 Å².